The van der Waals surface area contributed by atoms with Gasteiger partial charge >= 0.3 is 0 Å². The van der Waals surface area contributed by atoms with Crippen LogP contribution >= 0.6 is 0 Å². The molecule has 3 fully saturated rings. The van der Waals surface area contributed by atoms with Gasteiger partial charge in [-0.2, -0.15) is 0 Å². The van der Waals surface area contributed by atoms with Crippen molar-refractivity contribution < 1.29 is 10.2 Å². The van der Waals surface area contributed by atoms with Crippen molar-refractivity contribution in [1.29, 1.82) is 0 Å². The Morgan fingerprint density at radius 2 is 1.81 bits per heavy atom. The van der Waals surface area contributed by atoms with Gasteiger partial charge in [-0.15, -0.1) is 0 Å². The highest BCUT2D eigenvalue weighted by molar-refractivity contribution is 5.22. The standard InChI is InChI=1S/C29H50O2/c1-7-29(31)17-15-21-20(18-29)9-10-23-22(21)14-16-28(6)24(11-12-25(23)28)19(2)8-13-26(30)27(3,4)5/h9,19,21-26,30-31H,7-8,10-18H2,1-6H3/t19-,21+,22?,23-,24-,25+,26-,28-,29+/m1/s1. The number of hydrogen-bond acceptors (Lipinski definition) is 2. The first-order valence-electron chi connectivity index (χ1n) is 13.6. The van der Waals surface area contributed by atoms with Crippen LogP contribution in [0.1, 0.15) is 112 Å². The van der Waals surface area contributed by atoms with E-state index in [9.17, 15) is 10.2 Å². The average Bonchev–Trinajstić information content (AvgIpc) is 3.08. The molecular weight excluding hydrogens is 380 g/mol. The second kappa shape index (κ2) is 8.46. The molecule has 2 heteroatoms. The van der Waals surface area contributed by atoms with Gasteiger partial charge in [0.2, 0.25) is 0 Å². The second-order valence-electron chi connectivity index (χ2n) is 13.5. The number of fused-ring (bicyclic) bond motifs is 5. The van der Waals surface area contributed by atoms with Crippen molar-refractivity contribution in [2.24, 2.45) is 46.3 Å². The molecule has 0 aromatic heterocycles. The van der Waals surface area contributed by atoms with Crippen molar-refractivity contribution >= 4 is 0 Å². The van der Waals surface area contributed by atoms with Crippen LogP contribution in [0.4, 0.5) is 0 Å². The summed E-state index contributed by atoms with van der Waals surface area (Å²) in [5, 5.41) is 21.5. The highest BCUT2D eigenvalue weighted by atomic mass is 16.3. The van der Waals surface area contributed by atoms with E-state index in [1.54, 1.807) is 5.57 Å². The quantitative estimate of drug-likeness (QED) is 0.455. The van der Waals surface area contributed by atoms with Gasteiger partial charge < -0.3 is 10.2 Å². The highest BCUT2D eigenvalue weighted by Gasteiger charge is 2.57. The molecule has 4 aliphatic carbocycles. The predicted molar refractivity (Wildman–Crippen MR) is 130 cm³/mol. The molecule has 4 rings (SSSR count). The van der Waals surface area contributed by atoms with E-state index in [-0.39, 0.29) is 11.5 Å². The molecule has 0 saturated heterocycles. The van der Waals surface area contributed by atoms with Crippen molar-refractivity contribution in [3.8, 4) is 0 Å². The Morgan fingerprint density at radius 3 is 2.48 bits per heavy atom. The van der Waals surface area contributed by atoms with E-state index in [0.29, 0.717) is 11.3 Å². The summed E-state index contributed by atoms with van der Waals surface area (Å²) in [6.07, 6.45) is 15.4. The SMILES string of the molecule is CC[C@]1(O)CC[C@H]2C(=CC[C@@H]3C2CC[C@]2(C)[C@@H]([C@H](C)CC[C@@H](O)C(C)(C)C)CC[C@@H]32)C1. The summed E-state index contributed by atoms with van der Waals surface area (Å²) in [6, 6.07) is 0. The van der Waals surface area contributed by atoms with E-state index < -0.39 is 5.60 Å². The van der Waals surface area contributed by atoms with Gasteiger partial charge in [0.1, 0.15) is 0 Å². The maximum absolute atomic E-state index is 10.9. The molecule has 0 aromatic rings. The zero-order valence-corrected chi connectivity index (χ0v) is 21.3. The van der Waals surface area contributed by atoms with Crippen LogP contribution in [0.3, 0.4) is 0 Å². The summed E-state index contributed by atoms with van der Waals surface area (Å²) >= 11 is 0. The van der Waals surface area contributed by atoms with Crippen LogP contribution in [0.15, 0.2) is 11.6 Å². The van der Waals surface area contributed by atoms with Gasteiger partial charge in [0.05, 0.1) is 11.7 Å². The molecule has 0 amide bonds. The van der Waals surface area contributed by atoms with Crippen LogP contribution < -0.4 is 0 Å². The third kappa shape index (κ3) is 4.30. The minimum Gasteiger partial charge on any atom is -0.393 e. The Kier molecular flexibility index (Phi) is 6.50. The average molecular weight is 431 g/mol. The second-order valence-corrected chi connectivity index (χ2v) is 13.5. The lowest BCUT2D eigenvalue weighted by Gasteiger charge is -2.55. The fraction of sp³-hybridized carbons (Fsp3) is 0.931. The van der Waals surface area contributed by atoms with Gasteiger partial charge in [-0.05, 0) is 117 Å². The van der Waals surface area contributed by atoms with E-state index in [1.165, 1.54) is 44.9 Å². The predicted octanol–water partition coefficient (Wildman–Crippen LogP) is 7.14. The number of allylic oxidation sites excluding steroid dienone is 1. The maximum atomic E-state index is 10.9. The summed E-state index contributed by atoms with van der Waals surface area (Å²) in [5.74, 6) is 4.93. The van der Waals surface area contributed by atoms with Gasteiger partial charge in [-0.25, -0.2) is 0 Å². The zero-order valence-electron chi connectivity index (χ0n) is 21.3. The highest BCUT2D eigenvalue weighted by Crippen LogP contribution is 2.65. The Morgan fingerprint density at radius 1 is 1.06 bits per heavy atom. The van der Waals surface area contributed by atoms with Crippen molar-refractivity contribution in [2.75, 3.05) is 0 Å². The Labute approximate surface area is 192 Å². The van der Waals surface area contributed by atoms with Gasteiger partial charge in [0, 0.05) is 0 Å². The van der Waals surface area contributed by atoms with Crippen LogP contribution in [0.25, 0.3) is 0 Å². The monoisotopic (exact) mass is 430 g/mol. The molecule has 1 unspecified atom stereocenters. The van der Waals surface area contributed by atoms with Crippen LogP contribution in [-0.2, 0) is 0 Å². The van der Waals surface area contributed by atoms with Crippen molar-refractivity contribution in [3.63, 3.8) is 0 Å². The third-order valence-electron chi connectivity index (χ3n) is 10.9. The number of aliphatic hydroxyl groups is 2. The third-order valence-corrected chi connectivity index (χ3v) is 10.9. The number of hydrogen-bond donors (Lipinski definition) is 2. The molecule has 4 aliphatic rings. The van der Waals surface area contributed by atoms with Crippen LogP contribution in [0, 0.1) is 46.3 Å². The molecule has 2 N–H and O–H groups in total. The van der Waals surface area contributed by atoms with E-state index in [4.69, 9.17) is 0 Å². The van der Waals surface area contributed by atoms with Crippen LogP contribution in [-0.4, -0.2) is 21.9 Å². The van der Waals surface area contributed by atoms with Crippen molar-refractivity contribution in [1.82, 2.24) is 0 Å². The Bertz CT molecular complexity index is 675. The summed E-state index contributed by atoms with van der Waals surface area (Å²) in [5.41, 5.74) is 1.68. The minimum absolute atomic E-state index is 0.00401. The Hall–Kier alpha value is -0.340. The van der Waals surface area contributed by atoms with Crippen LogP contribution in [0.2, 0.25) is 0 Å². The molecule has 31 heavy (non-hydrogen) atoms. The molecule has 9 atom stereocenters. The van der Waals surface area contributed by atoms with Crippen LogP contribution in [0.5, 0.6) is 0 Å². The Balaban J connectivity index is 1.44. The first kappa shape index (κ1) is 23.8. The summed E-state index contributed by atoms with van der Waals surface area (Å²) in [4.78, 5) is 0. The number of rotatable bonds is 5. The van der Waals surface area contributed by atoms with Gasteiger partial charge in [0.25, 0.3) is 0 Å². The van der Waals surface area contributed by atoms with E-state index in [1.807, 2.05) is 0 Å². The first-order chi connectivity index (χ1) is 14.5. The molecule has 0 radical (unpaired) electrons. The molecule has 3 saturated carbocycles. The first-order valence-corrected chi connectivity index (χ1v) is 13.6. The van der Waals surface area contributed by atoms with E-state index >= 15 is 0 Å². The maximum Gasteiger partial charge on any atom is 0.0682 e. The summed E-state index contributed by atoms with van der Waals surface area (Å²) in [7, 11) is 0. The minimum atomic E-state index is -0.427. The molecule has 0 spiro atoms. The van der Waals surface area contributed by atoms with Gasteiger partial charge in [-0.1, -0.05) is 53.2 Å². The topological polar surface area (TPSA) is 40.5 Å². The largest absolute Gasteiger partial charge is 0.393 e. The molecule has 0 bridgehead atoms. The summed E-state index contributed by atoms with van der Waals surface area (Å²) in [6.45, 7) is 13.7. The molecule has 2 nitrogen and oxygen atoms in total. The molecular formula is C29H50O2. The van der Waals surface area contributed by atoms with Crippen molar-refractivity contribution in [2.45, 2.75) is 124 Å². The summed E-state index contributed by atoms with van der Waals surface area (Å²) < 4.78 is 0. The van der Waals surface area contributed by atoms with Crippen molar-refractivity contribution in [3.05, 3.63) is 11.6 Å². The fourth-order valence-electron chi connectivity index (χ4n) is 8.70. The van der Waals surface area contributed by atoms with E-state index in [0.717, 1.165) is 55.3 Å². The molecule has 0 aromatic carbocycles. The lowest BCUT2D eigenvalue weighted by Crippen LogP contribution is -2.48. The number of aliphatic hydroxyl groups excluding tert-OH is 1. The normalized spacial score (nSPS) is 44.6. The zero-order chi connectivity index (χ0) is 22.6. The molecule has 178 valence electrons. The molecule has 0 heterocycles. The lowest BCUT2D eigenvalue weighted by molar-refractivity contribution is -0.0471. The smallest absolute Gasteiger partial charge is 0.0682 e. The lowest BCUT2D eigenvalue weighted by atomic mass is 9.50. The van der Waals surface area contributed by atoms with E-state index in [2.05, 4.69) is 47.6 Å². The van der Waals surface area contributed by atoms with Gasteiger partial charge in [0.15, 0.2) is 0 Å². The molecule has 0 aliphatic heterocycles. The van der Waals surface area contributed by atoms with Gasteiger partial charge in [-0.3, -0.25) is 0 Å². The fourth-order valence-corrected chi connectivity index (χ4v) is 8.70.